The van der Waals surface area contributed by atoms with Crippen molar-refractivity contribution in [3.63, 3.8) is 0 Å². The second kappa shape index (κ2) is 12.6. The van der Waals surface area contributed by atoms with E-state index >= 15 is 0 Å². The van der Waals surface area contributed by atoms with Gasteiger partial charge in [0.05, 0.1) is 0 Å². The summed E-state index contributed by atoms with van der Waals surface area (Å²) >= 11 is 0. The molecule has 0 saturated carbocycles. The number of unbranched alkanes of at least 4 members (excludes halogenated alkanes) is 2. The molecule has 0 saturated heterocycles. The normalized spacial score (nSPS) is 9.27. The first-order valence-corrected chi connectivity index (χ1v) is 4.99. The molecule has 11 heavy (non-hydrogen) atoms. The van der Waals surface area contributed by atoms with E-state index in [-0.39, 0.29) is 0 Å². The van der Waals surface area contributed by atoms with Crippen molar-refractivity contribution < 1.29 is 0 Å². The van der Waals surface area contributed by atoms with Crippen LogP contribution in [0.15, 0.2) is 0 Å². The first-order valence-electron chi connectivity index (χ1n) is 4.99. The molecule has 0 radical (unpaired) electrons. The molecular weight excluding hydrogens is 134 g/mol. The minimum Gasteiger partial charge on any atom is -0.307 e. The molecule has 0 rings (SSSR count). The molecule has 0 aliphatic heterocycles. The van der Waals surface area contributed by atoms with E-state index in [2.05, 4.69) is 25.8 Å². The fourth-order valence-electron chi connectivity index (χ4n) is 0.790. The van der Waals surface area contributed by atoms with Gasteiger partial charge in [0.2, 0.25) is 0 Å². The summed E-state index contributed by atoms with van der Waals surface area (Å²) in [5.41, 5.74) is 0. The smallest absolute Gasteiger partial charge is 0.00219 e. The molecule has 70 valence electrons. The molecule has 0 amide bonds. The SMILES string of the molecule is CC.CCCCCN(C)CC. The monoisotopic (exact) mass is 159 g/mol. The lowest BCUT2D eigenvalue weighted by atomic mass is 10.2. The topological polar surface area (TPSA) is 3.24 Å². The molecular formula is C10H25N. The Morgan fingerprint density at radius 2 is 1.55 bits per heavy atom. The summed E-state index contributed by atoms with van der Waals surface area (Å²) in [6, 6.07) is 0. The second-order valence-corrected chi connectivity index (χ2v) is 2.60. The Hall–Kier alpha value is -0.0400. The van der Waals surface area contributed by atoms with Crippen LogP contribution in [0.25, 0.3) is 0 Å². The Balaban J connectivity index is 0. The van der Waals surface area contributed by atoms with Crippen LogP contribution in [0.1, 0.15) is 47.0 Å². The van der Waals surface area contributed by atoms with Gasteiger partial charge in [-0.1, -0.05) is 40.5 Å². The van der Waals surface area contributed by atoms with Gasteiger partial charge >= 0.3 is 0 Å². The van der Waals surface area contributed by atoms with Gasteiger partial charge in [0.15, 0.2) is 0 Å². The average molecular weight is 159 g/mol. The van der Waals surface area contributed by atoms with Crippen molar-refractivity contribution in [1.29, 1.82) is 0 Å². The third-order valence-corrected chi connectivity index (χ3v) is 1.68. The van der Waals surface area contributed by atoms with Crippen LogP contribution in [0.4, 0.5) is 0 Å². The van der Waals surface area contributed by atoms with Gasteiger partial charge < -0.3 is 4.90 Å². The van der Waals surface area contributed by atoms with Gasteiger partial charge in [0, 0.05) is 0 Å². The molecule has 1 nitrogen and oxygen atoms in total. The zero-order chi connectivity index (χ0) is 9.11. The number of rotatable bonds is 5. The fourth-order valence-corrected chi connectivity index (χ4v) is 0.790. The zero-order valence-corrected chi connectivity index (χ0v) is 8.98. The second-order valence-electron chi connectivity index (χ2n) is 2.60. The Bertz CT molecular complexity index is 52.8. The largest absolute Gasteiger partial charge is 0.307 e. The van der Waals surface area contributed by atoms with E-state index in [1.165, 1.54) is 32.4 Å². The molecule has 0 fully saturated rings. The van der Waals surface area contributed by atoms with Gasteiger partial charge in [-0.25, -0.2) is 0 Å². The molecule has 0 aromatic carbocycles. The third-order valence-electron chi connectivity index (χ3n) is 1.68. The highest BCUT2D eigenvalue weighted by molar-refractivity contribution is 4.46. The van der Waals surface area contributed by atoms with E-state index in [1.807, 2.05) is 13.8 Å². The number of nitrogens with zero attached hydrogens (tertiary/aromatic N) is 1. The quantitative estimate of drug-likeness (QED) is 0.557. The minimum atomic E-state index is 1.18. The maximum Gasteiger partial charge on any atom is -0.00219 e. The highest BCUT2D eigenvalue weighted by atomic mass is 15.1. The first kappa shape index (κ1) is 13.5. The first-order chi connectivity index (χ1) is 5.31. The van der Waals surface area contributed by atoms with Crippen molar-refractivity contribution in [1.82, 2.24) is 4.90 Å². The Morgan fingerprint density at radius 3 is 1.91 bits per heavy atom. The van der Waals surface area contributed by atoms with Gasteiger partial charge in [0.1, 0.15) is 0 Å². The van der Waals surface area contributed by atoms with Crippen molar-refractivity contribution >= 4 is 0 Å². The van der Waals surface area contributed by atoms with Crippen molar-refractivity contribution in [2.24, 2.45) is 0 Å². The lowest BCUT2D eigenvalue weighted by Gasteiger charge is -2.12. The molecule has 0 atom stereocenters. The Morgan fingerprint density at radius 1 is 1.00 bits per heavy atom. The summed E-state index contributed by atoms with van der Waals surface area (Å²) in [7, 11) is 2.18. The van der Waals surface area contributed by atoms with Crippen LogP contribution in [0, 0.1) is 0 Å². The molecule has 0 aliphatic carbocycles. The van der Waals surface area contributed by atoms with E-state index in [1.54, 1.807) is 0 Å². The van der Waals surface area contributed by atoms with Crippen LogP contribution in [-0.4, -0.2) is 25.0 Å². The van der Waals surface area contributed by atoms with Crippen molar-refractivity contribution in [3.05, 3.63) is 0 Å². The number of hydrogen-bond acceptors (Lipinski definition) is 1. The molecule has 0 aromatic rings. The summed E-state index contributed by atoms with van der Waals surface area (Å²) in [6.07, 6.45) is 4.07. The van der Waals surface area contributed by atoms with Gasteiger partial charge in [-0.2, -0.15) is 0 Å². The van der Waals surface area contributed by atoms with E-state index in [0.29, 0.717) is 0 Å². The van der Waals surface area contributed by atoms with Crippen LogP contribution in [0.3, 0.4) is 0 Å². The maximum atomic E-state index is 2.36. The Labute approximate surface area is 72.8 Å². The van der Waals surface area contributed by atoms with E-state index in [0.717, 1.165) is 0 Å². The van der Waals surface area contributed by atoms with Gasteiger partial charge in [-0.3, -0.25) is 0 Å². The van der Waals surface area contributed by atoms with Crippen LogP contribution in [0.2, 0.25) is 0 Å². The summed E-state index contributed by atoms with van der Waals surface area (Å²) in [4.78, 5) is 2.36. The average Bonchev–Trinajstić information content (AvgIpc) is 2.08. The highest BCUT2D eigenvalue weighted by Gasteiger charge is 1.91. The van der Waals surface area contributed by atoms with Crippen LogP contribution in [-0.2, 0) is 0 Å². The third kappa shape index (κ3) is 13.0. The maximum absolute atomic E-state index is 2.36. The van der Waals surface area contributed by atoms with Gasteiger partial charge in [-0.05, 0) is 26.6 Å². The van der Waals surface area contributed by atoms with Crippen LogP contribution < -0.4 is 0 Å². The van der Waals surface area contributed by atoms with Gasteiger partial charge in [-0.15, -0.1) is 0 Å². The zero-order valence-electron chi connectivity index (χ0n) is 8.98. The van der Waals surface area contributed by atoms with E-state index < -0.39 is 0 Å². The molecule has 0 unspecified atom stereocenters. The van der Waals surface area contributed by atoms with Crippen molar-refractivity contribution in [2.75, 3.05) is 20.1 Å². The highest BCUT2D eigenvalue weighted by Crippen LogP contribution is 1.94. The molecule has 0 bridgehead atoms. The molecule has 0 aromatic heterocycles. The molecule has 0 heterocycles. The summed E-state index contributed by atoms with van der Waals surface area (Å²) < 4.78 is 0. The van der Waals surface area contributed by atoms with Crippen molar-refractivity contribution in [3.8, 4) is 0 Å². The summed E-state index contributed by atoms with van der Waals surface area (Å²) in [5, 5.41) is 0. The fraction of sp³-hybridized carbons (Fsp3) is 1.00. The summed E-state index contributed by atoms with van der Waals surface area (Å²) in [6.45, 7) is 10.9. The summed E-state index contributed by atoms with van der Waals surface area (Å²) in [5.74, 6) is 0. The predicted molar refractivity (Wildman–Crippen MR) is 54.0 cm³/mol. The van der Waals surface area contributed by atoms with E-state index in [9.17, 15) is 0 Å². The van der Waals surface area contributed by atoms with Crippen LogP contribution in [0.5, 0.6) is 0 Å². The van der Waals surface area contributed by atoms with Crippen molar-refractivity contribution in [2.45, 2.75) is 47.0 Å². The van der Waals surface area contributed by atoms with Gasteiger partial charge in [0.25, 0.3) is 0 Å². The number of hydrogen-bond donors (Lipinski definition) is 0. The minimum absolute atomic E-state index is 1.18. The predicted octanol–water partition coefficient (Wildman–Crippen LogP) is 3.15. The molecule has 0 spiro atoms. The van der Waals surface area contributed by atoms with E-state index in [4.69, 9.17) is 0 Å². The molecule has 1 heteroatoms. The Kier molecular flexibility index (Phi) is 15.5. The lowest BCUT2D eigenvalue weighted by Crippen LogP contribution is -2.18. The van der Waals surface area contributed by atoms with Crippen LogP contribution >= 0.6 is 0 Å². The standard InChI is InChI=1S/C8H19N.C2H6/c1-4-6-7-8-9(3)5-2;1-2/h4-8H2,1-3H3;1-2H3. The lowest BCUT2D eigenvalue weighted by molar-refractivity contribution is 0.343. The molecule has 0 aliphatic rings. The molecule has 0 N–H and O–H groups in total.